The quantitative estimate of drug-likeness (QED) is 0.567. The molecule has 0 saturated heterocycles. The molecule has 2 N–H and O–H groups in total. The van der Waals surface area contributed by atoms with Gasteiger partial charge in [0.05, 0.1) is 17.9 Å². The summed E-state index contributed by atoms with van der Waals surface area (Å²) in [6, 6.07) is 7.97. The van der Waals surface area contributed by atoms with Crippen LogP contribution in [0.5, 0.6) is 0 Å². The van der Waals surface area contributed by atoms with Crippen molar-refractivity contribution in [3.05, 3.63) is 46.1 Å². The molecule has 0 saturated carbocycles. The third kappa shape index (κ3) is 4.74. The molecule has 1 aromatic carbocycles. The lowest BCUT2D eigenvalue weighted by Gasteiger charge is -2.07. The lowest BCUT2D eigenvalue weighted by atomic mass is 10.1. The Morgan fingerprint density at radius 1 is 1.35 bits per heavy atom. The zero-order valence-electron chi connectivity index (χ0n) is 13.8. The van der Waals surface area contributed by atoms with E-state index < -0.39 is 17.8 Å². The summed E-state index contributed by atoms with van der Waals surface area (Å²) < 4.78 is 23.6. The molecule has 0 fully saturated rings. The lowest BCUT2D eigenvalue weighted by Crippen LogP contribution is -2.11. The monoisotopic (exact) mass is 394 g/mol. The van der Waals surface area contributed by atoms with Crippen molar-refractivity contribution in [2.24, 2.45) is 0 Å². The summed E-state index contributed by atoms with van der Waals surface area (Å²) in [5, 5.41) is 9.37. The molecule has 0 radical (unpaired) electrons. The lowest BCUT2D eigenvalue weighted by molar-refractivity contribution is -0.141. The van der Waals surface area contributed by atoms with Crippen LogP contribution in [0.15, 0.2) is 29.2 Å². The van der Waals surface area contributed by atoms with Crippen LogP contribution in [0.1, 0.15) is 27.7 Å². The van der Waals surface area contributed by atoms with E-state index in [-0.39, 0.29) is 40.0 Å². The van der Waals surface area contributed by atoms with Gasteiger partial charge in [0.25, 0.3) is 0 Å². The number of thiophene rings is 1. The second-order valence-electron chi connectivity index (χ2n) is 4.86. The third-order valence-corrected chi connectivity index (χ3v) is 5.23. The Hall–Kier alpha value is -2.57. The van der Waals surface area contributed by atoms with Crippen molar-refractivity contribution in [1.82, 2.24) is 0 Å². The Morgan fingerprint density at radius 3 is 2.73 bits per heavy atom. The minimum atomic E-state index is -0.627. The Bertz CT molecular complexity index is 861. The average molecular weight is 394 g/mol. The van der Waals surface area contributed by atoms with Crippen LogP contribution >= 0.6 is 23.1 Å². The summed E-state index contributed by atoms with van der Waals surface area (Å²) in [6.07, 6.45) is 0. The van der Waals surface area contributed by atoms with Gasteiger partial charge in [-0.15, -0.1) is 23.1 Å². The number of anilines is 1. The van der Waals surface area contributed by atoms with Gasteiger partial charge in [-0.05, 0) is 19.1 Å². The van der Waals surface area contributed by atoms with E-state index >= 15 is 0 Å². The Morgan fingerprint density at radius 2 is 2.08 bits per heavy atom. The van der Waals surface area contributed by atoms with Crippen molar-refractivity contribution >= 4 is 40.0 Å². The summed E-state index contributed by atoms with van der Waals surface area (Å²) in [6.45, 7) is 1.53. The molecule has 26 heavy (non-hydrogen) atoms. The van der Waals surface area contributed by atoms with E-state index in [0.29, 0.717) is 4.90 Å². The fourth-order valence-electron chi connectivity index (χ4n) is 2.00. The number of thioether (sulfide) groups is 1. The van der Waals surface area contributed by atoms with Crippen LogP contribution in [0.2, 0.25) is 0 Å². The molecular formula is C17H15FN2O4S2. The fourth-order valence-corrected chi connectivity index (χ4v) is 3.65. The number of nitrogens with two attached hydrogens (primary N) is 1. The number of carbonyl (C=O) groups excluding carboxylic acids is 2. The largest absolute Gasteiger partial charge is 0.462 e. The number of carbonyl (C=O) groups is 2. The Balaban J connectivity index is 2.04. The van der Waals surface area contributed by atoms with Crippen LogP contribution in [-0.2, 0) is 20.9 Å². The number of nitrogens with zero attached hydrogens (tertiary/aromatic N) is 1. The van der Waals surface area contributed by atoms with Gasteiger partial charge in [0.2, 0.25) is 0 Å². The Labute approximate surface area is 157 Å². The minimum Gasteiger partial charge on any atom is -0.462 e. The van der Waals surface area contributed by atoms with Gasteiger partial charge in [-0.25, -0.2) is 9.18 Å². The van der Waals surface area contributed by atoms with Crippen LogP contribution in [0.3, 0.4) is 0 Å². The van der Waals surface area contributed by atoms with Crippen molar-refractivity contribution in [3.8, 4) is 6.07 Å². The number of rotatable bonds is 7. The number of hydrogen-bond acceptors (Lipinski definition) is 8. The minimum absolute atomic E-state index is 0.0904. The van der Waals surface area contributed by atoms with Crippen LogP contribution in [0.4, 0.5) is 9.39 Å². The highest BCUT2D eigenvalue weighted by Crippen LogP contribution is 2.32. The van der Waals surface area contributed by atoms with Crippen LogP contribution in [0.25, 0.3) is 0 Å². The van der Waals surface area contributed by atoms with Crippen LogP contribution < -0.4 is 5.73 Å². The SMILES string of the molecule is CCOC(=O)c1sc(N)c(C#N)c1COC(=O)CSc1ccccc1F. The van der Waals surface area contributed by atoms with Gasteiger partial charge < -0.3 is 15.2 Å². The van der Waals surface area contributed by atoms with Crippen molar-refractivity contribution in [2.75, 3.05) is 18.1 Å². The van der Waals surface area contributed by atoms with E-state index in [4.69, 9.17) is 15.2 Å². The summed E-state index contributed by atoms with van der Waals surface area (Å²) in [7, 11) is 0. The van der Waals surface area contributed by atoms with Gasteiger partial charge in [-0.2, -0.15) is 5.26 Å². The van der Waals surface area contributed by atoms with Crippen molar-refractivity contribution in [2.45, 2.75) is 18.4 Å². The topological polar surface area (TPSA) is 102 Å². The van der Waals surface area contributed by atoms with Gasteiger partial charge in [-0.3, -0.25) is 4.79 Å². The predicted octanol–water partition coefficient (Wildman–Crippen LogP) is 3.35. The molecule has 0 amide bonds. The second-order valence-corrected chi connectivity index (χ2v) is 6.93. The van der Waals surface area contributed by atoms with E-state index in [2.05, 4.69) is 0 Å². The van der Waals surface area contributed by atoms with Crippen molar-refractivity contribution < 1.29 is 23.5 Å². The molecule has 2 rings (SSSR count). The first-order chi connectivity index (χ1) is 12.5. The molecule has 0 bridgehead atoms. The summed E-state index contributed by atoms with van der Waals surface area (Å²) >= 11 is 1.91. The molecule has 0 aliphatic heterocycles. The van der Waals surface area contributed by atoms with Crippen molar-refractivity contribution in [1.29, 1.82) is 5.26 Å². The summed E-state index contributed by atoms with van der Waals surface area (Å²) in [4.78, 5) is 24.4. The van der Waals surface area contributed by atoms with Crippen LogP contribution in [-0.4, -0.2) is 24.3 Å². The number of nitrogen functional groups attached to an aromatic ring is 1. The van der Waals surface area contributed by atoms with E-state index in [0.717, 1.165) is 23.1 Å². The smallest absolute Gasteiger partial charge is 0.348 e. The van der Waals surface area contributed by atoms with Gasteiger partial charge in [0.15, 0.2) is 0 Å². The molecule has 0 aliphatic rings. The normalized spacial score (nSPS) is 10.2. The number of benzene rings is 1. The molecule has 2 aromatic rings. The standard InChI is InChI=1S/C17H15FN2O4S2/c1-2-23-17(22)15-11(10(7-19)16(20)26-15)8-24-14(21)9-25-13-6-4-3-5-12(13)18/h3-6H,2,8-9,20H2,1H3. The first-order valence-corrected chi connectivity index (χ1v) is 9.29. The first kappa shape index (κ1) is 19.8. The summed E-state index contributed by atoms with van der Waals surface area (Å²) in [5.74, 6) is -1.77. The molecular weight excluding hydrogens is 379 g/mol. The van der Waals surface area contributed by atoms with Gasteiger partial charge >= 0.3 is 11.9 Å². The molecule has 0 aliphatic carbocycles. The number of nitriles is 1. The van der Waals surface area contributed by atoms with E-state index in [1.165, 1.54) is 6.07 Å². The maximum atomic E-state index is 13.5. The zero-order valence-corrected chi connectivity index (χ0v) is 15.4. The molecule has 1 aromatic heterocycles. The number of hydrogen-bond donors (Lipinski definition) is 1. The molecule has 6 nitrogen and oxygen atoms in total. The van der Waals surface area contributed by atoms with E-state index in [9.17, 15) is 19.2 Å². The van der Waals surface area contributed by atoms with Crippen LogP contribution in [0, 0.1) is 17.1 Å². The summed E-state index contributed by atoms with van der Waals surface area (Å²) in [5.41, 5.74) is 6.06. The van der Waals surface area contributed by atoms with E-state index in [1.807, 2.05) is 6.07 Å². The second kappa shape index (κ2) is 9.22. The molecule has 9 heteroatoms. The molecule has 136 valence electrons. The van der Waals surface area contributed by atoms with Gasteiger partial charge in [0.1, 0.15) is 28.4 Å². The van der Waals surface area contributed by atoms with Gasteiger partial charge in [0, 0.05) is 10.5 Å². The Kier molecular flexibility index (Phi) is 7.00. The maximum Gasteiger partial charge on any atom is 0.348 e. The highest BCUT2D eigenvalue weighted by molar-refractivity contribution is 8.00. The zero-order chi connectivity index (χ0) is 19.1. The van der Waals surface area contributed by atoms with Crippen molar-refractivity contribution in [3.63, 3.8) is 0 Å². The molecule has 0 spiro atoms. The predicted molar refractivity (Wildman–Crippen MR) is 96.3 cm³/mol. The number of halogens is 1. The first-order valence-electron chi connectivity index (χ1n) is 7.49. The maximum absolute atomic E-state index is 13.5. The number of esters is 2. The average Bonchev–Trinajstić information content (AvgIpc) is 2.95. The van der Waals surface area contributed by atoms with Gasteiger partial charge in [-0.1, -0.05) is 12.1 Å². The molecule has 1 heterocycles. The third-order valence-electron chi connectivity index (χ3n) is 3.17. The number of ether oxygens (including phenoxy) is 2. The van der Waals surface area contributed by atoms with E-state index in [1.54, 1.807) is 25.1 Å². The molecule has 0 atom stereocenters. The highest BCUT2D eigenvalue weighted by Gasteiger charge is 2.23. The fraction of sp³-hybridized carbons (Fsp3) is 0.235. The molecule has 0 unspecified atom stereocenters. The highest BCUT2D eigenvalue weighted by atomic mass is 32.2.